The third-order valence-corrected chi connectivity index (χ3v) is 3.55. The van der Waals surface area contributed by atoms with Gasteiger partial charge in [-0.3, -0.25) is 4.79 Å². The Balaban J connectivity index is 2.12. The van der Waals surface area contributed by atoms with E-state index in [2.05, 4.69) is 0 Å². The summed E-state index contributed by atoms with van der Waals surface area (Å²) in [5.74, 6) is 0.842. The summed E-state index contributed by atoms with van der Waals surface area (Å²) in [6.45, 7) is 1.93. The van der Waals surface area contributed by atoms with E-state index in [-0.39, 0.29) is 5.78 Å². The average Bonchev–Trinajstić information content (AvgIpc) is 2.47. The minimum absolute atomic E-state index is 0.00712. The molecule has 4 rings (SSSR count). The Bertz CT molecular complexity index is 946. The molecule has 0 fully saturated rings. The molecule has 0 N–H and O–H groups in total. The number of ketones is 1. The van der Waals surface area contributed by atoms with E-state index in [1.807, 2.05) is 37.3 Å². The monoisotopic (exact) mass is 276 g/mol. The second kappa shape index (κ2) is 4.35. The number of rotatable bonds is 0. The van der Waals surface area contributed by atoms with Crippen LogP contribution < -0.4 is 5.42 Å². The molecule has 2 heterocycles. The van der Waals surface area contributed by atoms with Gasteiger partial charge >= 0.3 is 0 Å². The van der Waals surface area contributed by atoms with Crippen LogP contribution >= 0.6 is 0 Å². The van der Waals surface area contributed by atoms with Gasteiger partial charge in [-0.15, -0.1) is 0 Å². The van der Waals surface area contributed by atoms with Crippen molar-refractivity contribution in [3.8, 4) is 11.1 Å². The zero-order chi connectivity index (χ0) is 14.4. The largest absolute Gasteiger partial charge is 0.461 e. The predicted octanol–water partition coefficient (Wildman–Crippen LogP) is 3.57. The van der Waals surface area contributed by atoms with Crippen LogP contribution in [0.15, 0.2) is 63.5 Å². The van der Waals surface area contributed by atoms with Crippen LogP contribution in [0, 0.1) is 6.92 Å². The van der Waals surface area contributed by atoms with Crippen LogP contribution in [0.1, 0.15) is 5.76 Å². The van der Waals surface area contributed by atoms with Gasteiger partial charge in [0.2, 0.25) is 0 Å². The summed E-state index contributed by atoms with van der Waals surface area (Å²) in [5.41, 5.74) is 5.25. The van der Waals surface area contributed by atoms with Gasteiger partial charge in [-0.1, -0.05) is 6.07 Å². The van der Waals surface area contributed by atoms with E-state index in [0.717, 1.165) is 39.0 Å². The molecule has 0 bridgehead atoms. The lowest BCUT2D eigenvalue weighted by atomic mass is 10.0. The highest BCUT2D eigenvalue weighted by atomic mass is 16.3. The third-order valence-electron chi connectivity index (χ3n) is 3.55. The number of aryl methyl sites for hydroxylation is 1. The maximum Gasteiger partial charge on any atom is 0.178 e. The van der Waals surface area contributed by atoms with Crippen LogP contribution in [-0.2, 0) is 4.79 Å². The van der Waals surface area contributed by atoms with Crippen molar-refractivity contribution in [3.63, 3.8) is 0 Å². The third kappa shape index (κ3) is 1.94. The van der Waals surface area contributed by atoms with Crippen molar-refractivity contribution in [2.75, 3.05) is 0 Å². The molecule has 0 atom stereocenters. The molecule has 21 heavy (non-hydrogen) atoms. The summed E-state index contributed by atoms with van der Waals surface area (Å²) in [7, 11) is 0. The number of carbonyl (C=O) groups excluding carboxylic acids is 1. The molecule has 0 spiro atoms. The standard InChI is InChI=1S/C18H12O3/c1-11-9-13-10-17(12-5-7-14(19)8-6-12)21-16-4-2-3-15(20-11)18(13)16/h2-10H,1H3. The van der Waals surface area contributed by atoms with Crippen LogP contribution in [0.25, 0.3) is 27.9 Å². The van der Waals surface area contributed by atoms with E-state index in [4.69, 9.17) is 8.83 Å². The fraction of sp³-hybridized carbons (Fsp3) is 0.0556. The van der Waals surface area contributed by atoms with Crippen LogP contribution in [-0.4, -0.2) is 5.78 Å². The Morgan fingerprint density at radius 1 is 0.905 bits per heavy atom. The van der Waals surface area contributed by atoms with Gasteiger partial charge < -0.3 is 8.83 Å². The number of allylic oxidation sites excluding steroid dienone is 4. The highest BCUT2D eigenvalue weighted by Crippen LogP contribution is 2.32. The highest BCUT2D eigenvalue weighted by molar-refractivity contribution is 6.04. The molecule has 0 aromatic heterocycles. The summed E-state index contributed by atoms with van der Waals surface area (Å²) < 4.78 is 11.7. The van der Waals surface area contributed by atoms with Crippen molar-refractivity contribution in [1.82, 2.24) is 0 Å². The lowest BCUT2D eigenvalue weighted by molar-refractivity contribution is -0.110. The Morgan fingerprint density at radius 2 is 1.62 bits per heavy atom. The second-order valence-electron chi connectivity index (χ2n) is 5.08. The lowest BCUT2D eigenvalue weighted by Gasteiger charge is -2.11. The van der Waals surface area contributed by atoms with Gasteiger partial charge in [0.1, 0.15) is 22.3 Å². The van der Waals surface area contributed by atoms with Crippen molar-refractivity contribution < 1.29 is 13.6 Å². The Labute approximate surface area is 120 Å². The molecule has 2 aliphatic heterocycles. The molecule has 102 valence electrons. The zero-order valence-electron chi connectivity index (χ0n) is 11.4. The van der Waals surface area contributed by atoms with Gasteiger partial charge in [0.15, 0.2) is 5.78 Å². The number of benzene rings is 1. The summed E-state index contributed by atoms with van der Waals surface area (Å²) in [5, 5.41) is 0. The topological polar surface area (TPSA) is 43.4 Å². The maximum atomic E-state index is 11.2. The van der Waals surface area contributed by atoms with Crippen LogP contribution in [0.3, 0.4) is 0 Å². The van der Waals surface area contributed by atoms with E-state index >= 15 is 0 Å². The second-order valence-corrected chi connectivity index (χ2v) is 5.08. The molecule has 0 unspecified atom stereocenters. The van der Waals surface area contributed by atoms with Crippen molar-refractivity contribution in [2.45, 2.75) is 6.92 Å². The molecule has 0 saturated heterocycles. The van der Waals surface area contributed by atoms with Gasteiger partial charge in [0.25, 0.3) is 0 Å². The summed E-state index contributed by atoms with van der Waals surface area (Å²) in [6.07, 6.45) is 6.64. The van der Waals surface area contributed by atoms with Crippen molar-refractivity contribution in [1.29, 1.82) is 0 Å². The molecule has 1 aromatic rings. The Kier molecular flexibility index (Phi) is 2.48. The molecule has 3 nitrogen and oxygen atoms in total. The van der Waals surface area contributed by atoms with E-state index in [9.17, 15) is 4.79 Å². The maximum absolute atomic E-state index is 11.2. The van der Waals surface area contributed by atoms with Gasteiger partial charge in [-0.25, -0.2) is 0 Å². The first-order valence-electron chi connectivity index (χ1n) is 6.74. The lowest BCUT2D eigenvalue weighted by Crippen LogP contribution is -2.08. The molecule has 0 radical (unpaired) electrons. The molecule has 1 aromatic carbocycles. The van der Waals surface area contributed by atoms with E-state index in [0.29, 0.717) is 0 Å². The quantitative estimate of drug-likeness (QED) is 0.630. The van der Waals surface area contributed by atoms with Crippen LogP contribution in [0.4, 0.5) is 0 Å². The molecule has 3 aliphatic rings. The molecular weight excluding hydrogens is 264 g/mol. The number of hydrogen-bond donors (Lipinski definition) is 0. The summed E-state index contributed by atoms with van der Waals surface area (Å²) in [6, 6.07) is 9.75. The first kappa shape index (κ1) is 12.0. The fourth-order valence-electron chi connectivity index (χ4n) is 2.62. The average molecular weight is 276 g/mol. The van der Waals surface area contributed by atoms with Crippen LogP contribution in [0.5, 0.6) is 0 Å². The van der Waals surface area contributed by atoms with E-state index in [1.54, 1.807) is 24.3 Å². The summed E-state index contributed by atoms with van der Waals surface area (Å²) in [4.78, 5) is 11.2. The highest BCUT2D eigenvalue weighted by Gasteiger charge is 2.14. The minimum Gasteiger partial charge on any atom is -0.461 e. The Morgan fingerprint density at radius 3 is 2.38 bits per heavy atom. The fourth-order valence-corrected chi connectivity index (χ4v) is 2.62. The van der Waals surface area contributed by atoms with Gasteiger partial charge in [-0.2, -0.15) is 0 Å². The van der Waals surface area contributed by atoms with Gasteiger partial charge in [-0.05, 0) is 61.1 Å². The minimum atomic E-state index is -0.00712. The predicted molar refractivity (Wildman–Crippen MR) is 80.6 cm³/mol. The SMILES string of the molecule is Cc1cc2cc(=C3C=CC(=O)C=C3)oc3cccc(o1)c3-2. The van der Waals surface area contributed by atoms with Gasteiger partial charge in [0.05, 0.1) is 5.56 Å². The van der Waals surface area contributed by atoms with Crippen molar-refractivity contribution >= 4 is 22.5 Å². The molecule has 0 amide bonds. The number of carbonyl (C=O) groups is 1. The Hall–Kier alpha value is -2.81. The van der Waals surface area contributed by atoms with Gasteiger partial charge in [0, 0.05) is 5.57 Å². The number of hydrogen-bond acceptors (Lipinski definition) is 3. The first-order chi connectivity index (χ1) is 10.2. The molecule has 3 heteroatoms. The molecule has 1 aliphatic carbocycles. The van der Waals surface area contributed by atoms with E-state index in [1.165, 1.54) is 0 Å². The zero-order valence-corrected chi connectivity index (χ0v) is 11.4. The van der Waals surface area contributed by atoms with Crippen LogP contribution in [0.2, 0.25) is 0 Å². The summed E-state index contributed by atoms with van der Waals surface area (Å²) >= 11 is 0. The smallest absolute Gasteiger partial charge is 0.178 e. The molecule has 0 saturated carbocycles. The normalized spacial score (nSPS) is 14.5. The first-order valence-corrected chi connectivity index (χ1v) is 6.74. The molecular formula is C18H12O3. The van der Waals surface area contributed by atoms with Crippen molar-refractivity contribution in [3.05, 3.63) is 65.8 Å². The van der Waals surface area contributed by atoms with Crippen molar-refractivity contribution in [2.24, 2.45) is 0 Å². The van der Waals surface area contributed by atoms with E-state index < -0.39 is 0 Å².